The summed E-state index contributed by atoms with van der Waals surface area (Å²) in [6.07, 6.45) is 1.81. The zero-order chi connectivity index (χ0) is 7.11. The first-order valence-corrected chi connectivity index (χ1v) is 3.21. The minimum Gasteiger partial charge on any atom is -0.362 e. The van der Waals surface area contributed by atoms with Gasteiger partial charge in [-0.15, -0.1) is 0 Å². The van der Waals surface area contributed by atoms with Gasteiger partial charge in [-0.25, -0.2) is 0 Å². The molecule has 0 amide bonds. The van der Waals surface area contributed by atoms with E-state index in [0.29, 0.717) is 6.54 Å². The van der Waals surface area contributed by atoms with Crippen LogP contribution in [-0.2, 0) is 0 Å². The van der Waals surface area contributed by atoms with Crippen molar-refractivity contribution >= 4 is 6.34 Å². The SMILES string of the molecule is CCN(/C=N\C)CCN. The Morgan fingerprint density at radius 1 is 1.67 bits per heavy atom. The molecular weight excluding hydrogens is 114 g/mol. The van der Waals surface area contributed by atoms with Crippen molar-refractivity contribution < 1.29 is 0 Å². The third-order valence-corrected chi connectivity index (χ3v) is 1.10. The van der Waals surface area contributed by atoms with Gasteiger partial charge in [-0.05, 0) is 6.92 Å². The van der Waals surface area contributed by atoms with Crippen LogP contribution in [0.4, 0.5) is 0 Å². The van der Waals surface area contributed by atoms with Crippen molar-refractivity contribution in [2.24, 2.45) is 10.7 Å². The minimum absolute atomic E-state index is 0.694. The van der Waals surface area contributed by atoms with Crippen LogP contribution < -0.4 is 5.73 Å². The lowest BCUT2D eigenvalue weighted by Gasteiger charge is -2.14. The highest BCUT2D eigenvalue weighted by Gasteiger charge is 1.90. The molecule has 0 aliphatic carbocycles. The summed E-state index contributed by atoms with van der Waals surface area (Å²) in [5.41, 5.74) is 5.33. The predicted molar refractivity (Wildman–Crippen MR) is 40.7 cm³/mol. The molecular formula is C6H15N3. The van der Waals surface area contributed by atoms with E-state index in [1.165, 1.54) is 0 Å². The third-order valence-electron chi connectivity index (χ3n) is 1.10. The smallest absolute Gasteiger partial charge is 0.0846 e. The van der Waals surface area contributed by atoms with Crippen LogP contribution in [0, 0.1) is 0 Å². The second kappa shape index (κ2) is 5.56. The molecule has 0 aromatic heterocycles. The molecule has 0 aromatic carbocycles. The van der Waals surface area contributed by atoms with Gasteiger partial charge in [0.15, 0.2) is 0 Å². The maximum Gasteiger partial charge on any atom is 0.0846 e. The first kappa shape index (κ1) is 8.43. The summed E-state index contributed by atoms with van der Waals surface area (Å²) in [4.78, 5) is 5.94. The first-order valence-electron chi connectivity index (χ1n) is 3.21. The average molecular weight is 129 g/mol. The summed E-state index contributed by atoms with van der Waals surface area (Å²) in [5, 5.41) is 0. The Kier molecular flexibility index (Phi) is 5.21. The molecule has 0 radical (unpaired) electrons. The van der Waals surface area contributed by atoms with Crippen molar-refractivity contribution in [2.45, 2.75) is 6.92 Å². The lowest BCUT2D eigenvalue weighted by atomic mass is 10.5. The van der Waals surface area contributed by atoms with E-state index in [9.17, 15) is 0 Å². The summed E-state index contributed by atoms with van der Waals surface area (Å²) in [6, 6.07) is 0. The Bertz CT molecular complexity index is 80.4. The van der Waals surface area contributed by atoms with E-state index in [0.717, 1.165) is 13.1 Å². The number of rotatable bonds is 4. The lowest BCUT2D eigenvalue weighted by Crippen LogP contribution is -2.27. The molecule has 9 heavy (non-hydrogen) atoms. The van der Waals surface area contributed by atoms with Gasteiger partial charge in [0.05, 0.1) is 6.34 Å². The van der Waals surface area contributed by atoms with Crippen LogP contribution in [0.15, 0.2) is 4.99 Å². The fourth-order valence-electron chi connectivity index (χ4n) is 0.627. The Morgan fingerprint density at radius 3 is 2.67 bits per heavy atom. The molecule has 0 unspecified atom stereocenters. The minimum atomic E-state index is 0.694. The molecule has 0 saturated heterocycles. The van der Waals surface area contributed by atoms with Gasteiger partial charge in [-0.2, -0.15) is 0 Å². The van der Waals surface area contributed by atoms with Gasteiger partial charge in [0.1, 0.15) is 0 Å². The topological polar surface area (TPSA) is 41.6 Å². The first-order chi connectivity index (χ1) is 4.35. The molecule has 0 aromatic rings. The van der Waals surface area contributed by atoms with Gasteiger partial charge >= 0.3 is 0 Å². The van der Waals surface area contributed by atoms with E-state index in [1.54, 1.807) is 7.05 Å². The van der Waals surface area contributed by atoms with Gasteiger partial charge in [0.25, 0.3) is 0 Å². The van der Waals surface area contributed by atoms with Crippen LogP contribution in [0.2, 0.25) is 0 Å². The molecule has 0 spiro atoms. The zero-order valence-corrected chi connectivity index (χ0v) is 6.17. The van der Waals surface area contributed by atoms with Crippen molar-refractivity contribution in [2.75, 3.05) is 26.7 Å². The Labute approximate surface area is 56.6 Å². The number of hydrogen-bond donors (Lipinski definition) is 1. The number of nitrogens with two attached hydrogens (primary N) is 1. The fourth-order valence-corrected chi connectivity index (χ4v) is 0.627. The summed E-state index contributed by atoms with van der Waals surface area (Å²) in [6.45, 7) is 4.65. The molecule has 0 saturated carbocycles. The van der Waals surface area contributed by atoms with Crippen molar-refractivity contribution in [3.63, 3.8) is 0 Å². The molecule has 54 valence electrons. The number of hydrogen-bond acceptors (Lipinski definition) is 2. The van der Waals surface area contributed by atoms with Crippen molar-refractivity contribution in [1.82, 2.24) is 4.90 Å². The Morgan fingerprint density at radius 2 is 2.33 bits per heavy atom. The lowest BCUT2D eigenvalue weighted by molar-refractivity contribution is 0.464. The van der Waals surface area contributed by atoms with Gasteiger partial charge in [-0.1, -0.05) is 0 Å². The van der Waals surface area contributed by atoms with E-state index < -0.39 is 0 Å². The monoisotopic (exact) mass is 129 g/mol. The summed E-state index contributed by atoms with van der Waals surface area (Å²) >= 11 is 0. The van der Waals surface area contributed by atoms with Gasteiger partial charge in [0.2, 0.25) is 0 Å². The van der Waals surface area contributed by atoms with Crippen molar-refractivity contribution in [3.8, 4) is 0 Å². The molecule has 2 N–H and O–H groups in total. The highest BCUT2D eigenvalue weighted by atomic mass is 15.1. The molecule has 3 nitrogen and oxygen atoms in total. The van der Waals surface area contributed by atoms with E-state index in [2.05, 4.69) is 16.8 Å². The molecule has 0 rings (SSSR count). The molecule has 0 heterocycles. The predicted octanol–water partition coefficient (Wildman–Crippen LogP) is -0.0749. The van der Waals surface area contributed by atoms with Crippen LogP contribution in [0.5, 0.6) is 0 Å². The summed E-state index contributed by atoms with van der Waals surface area (Å²) in [7, 11) is 1.76. The normalized spacial score (nSPS) is 10.6. The molecule has 0 fully saturated rings. The maximum atomic E-state index is 5.33. The summed E-state index contributed by atoms with van der Waals surface area (Å²) < 4.78 is 0. The fraction of sp³-hybridized carbons (Fsp3) is 0.833. The van der Waals surface area contributed by atoms with Crippen LogP contribution in [0.3, 0.4) is 0 Å². The van der Waals surface area contributed by atoms with Gasteiger partial charge in [0, 0.05) is 26.7 Å². The van der Waals surface area contributed by atoms with Gasteiger partial charge < -0.3 is 10.6 Å². The highest BCUT2D eigenvalue weighted by Crippen LogP contribution is 1.78. The zero-order valence-electron chi connectivity index (χ0n) is 6.17. The average Bonchev–Trinajstić information content (AvgIpc) is 1.88. The third kappa shape index (κ3) is 3.97. The quantitative estimate of drug-likeness (QED) is 0.426. The second-order valence-corrected chi connectivity index (χ2v) is 1.79. The molecule has 0 atom stereocenters. The molecule has 3 heteroatoms. The number of likely N-dealkylation sites (N-methyl/N-ethyl adjacent to an activating group) is 1. The van der Waals surface area contributed by atoms with Crippen molar-refractivity contribution in [3.05, 3.63) is 0 Å². The largest absolute Gasteiger partial charge is 0.362 e. The van der Waals surface area contributed by atoms with E-state index >= 15 is 0 Å². The Hall–Kier alpha value is -0.570. The molecule has 0 aliphatic heterocycles. The van der Waals surface area contributed by atoms with E-state index in [1.807, 2.05) is 6.34 Å². The number of nitrogens with zero attached hydrogens (tertiary/aromatic N) is 2. The standard InChI is InChI=1S/C6H15N3/c1-3-9(5-4-7)6-8-2/h6H,3-5,7H2,1-2H3/b8-6-. The van der Waals surface area contributed by atoms with Crippen LogP contribution >= 0.6 is 0 Å². The van der Waals surface area contributed by atoms with Gasteiger partial charge in [-0.3, -0.25) is 4.99 Å². The van der Waals surface area contributed by atoms with Crippen LogP contribution in [0.1, 0.15) is 6.92 Å². The van der Waals surface area contributed by atoms with E-state index in [-0.39, 0.29) is 0 Å². The molecule has 0 bridgehead atoms. The molecule has 0 aliphatic rings. The van der Waals surface area contributed by atoms with Crippen LogP contribution in [0.25, 0.3) is 0 Å². The number of aliphatic imine (C=N–C) groups is 1. The Balaban J connectivity index is 3.41. The maximum absolute atomic E-state index is 5.33. The second-order valence-electron chi connectivity index (χ2n) is 1.79. The van der Waals surface area contributed by atoms with Crippen molar-refractivity contribution in [1.29, 1.82) is 0 Å². The summed E-state index contributed by atoms with van der Waals surface area (Å²) in [5.74, 6) is 0. The van der Waals surface area contributed by atoms with Crippen LogP contribution in [-0.4, -0.2) is 37.9 Å². The highest BCUT2D eigenvalue weighted by molar-refractivity contribution is 5.54. The van der Waals surface area contributed by atoms with E-state index in [4.69, 9.17) is 5.73 Å².